The summed E-state index contributed by atoms with van der Waals surface area (Å²) >= 11 is 0. The monoisotopic (exact) mass is 239 g/mol. The van der Waals surface area contributed by atoms with Crippen LogP contribution in [0.15, 0.2) is 0 Å². The number of ether oxygens (including phenoxy) is 1. The van der Waals surface area contributed by atoms with Gasteiger partial charge in [0.05, 0.1) is 12.2 Å². The van der Waals surface area contributed by atoms with Crippen LogP contribution in [-0.2, 0) is 4.74 Å². The van der Waals surface area contributed by atoms with Gasteiger partial charge in [0.15, 0.2) is 0 Å². The molecular formula is C15H29NO. The van der Waals surface area contributed by atoms with Crippen LogP contribution in [0, 0.1) is 11.8 Å². The summed E-state index contributed by atoms with van der Waals surface area (Å²) in [6, 6.07) is 0.763. The highest BCUT2D eigenvalue weighted by Crippen LogP contribution is 2.37. The summed E-state index contributed by atoms with van der Waals surface area (Å²) in [6.45, 7) is 8.07. The minimum atomic E-state index is 0.505. The summed E-state index contributed by atoms with van der Waals surface area (Å²) in [7, 11) is 0. The molecule has 0 spiro atoms. The van der Waals surface area contributed by atoms with Crippen molar-refractivity contribution in [1.29, 1.82) is 0 Å². The molecule has 5 unspecified atom stereocenters. The van der Waals surface area contributed by atoms with E-state index in [4.69, 9.17) is 4.74 Å². The van der Waals surface area contributed by atoms with Crippen LogP contribution >= 0.6 is 0 Å². The van der Waals surface area contributed by atoms with Crippen molar-refractivity contribution in [2.75, 3.05) is 6.54 Å². The Morgan fingerprint density at radius 1 is 1.12 bits per heavy atom. The van der Waals surface area contributed by atoms with E-state index in [2.05, 4.69) is 26.1 Å². The van der Waals surface area contributed by atoms with Crippen molar-refractivity contribution < 1.29 is 4.74 Å². The molecule has 1 saturated heterocycles. The molecule has 2 fully saturated rings. The predicted molar refractivity (Wildman–Crippen MR) is 72.2 cm³/mol. The predicted octanol–water partition coefficient (Wildman–Crippen LogP) is 3.36. The molecule has 1 N–H and O–H groups in total. The highest BCUT2D eigenvalue weighted by molar-refractivity contribution is 4.89. The molecule has 0 radical (unpaired) electrons. The van der Waals surface area contributed by atoms with Gasteiger partial charge >= 0.3 is 0 Å². The van der Waals surface area contributed by atoms with Gasteiger partial charge in [-0.25, -0.2) is 0 Å². The lowest BCUT2D eigenvalue weighted by molar-refractivity contribution is 0.0371. The largest absolute Gasteiger partial charge is 0.375 e. The molecule has 17 heavy (non-hydrogen) atoms. The first-order valence-corrected chi connectivity index (χ1v) is 7.59. The molecule has 1 aliphatic heterocycles. The minimum Gasteiger partial charge on any atom is -0.375 e. The lowest BCUT2D eigenvalue weighted by Crippen LogP contribution is -2.33. The Morgan fingerprint density at radius 3 is 2.59 bits per heavy atom. The van der Waals surface area contributed by atoms with E-state index in [1.165, 1.54) is 45.1 Å². The molecule has 0 aromatic carbocycles. The quantitative estimate of drug-likeness (QED) is 0.794. The Kier molecular flexibility index (Phi) is 4.87. The molecule has 2 rings (SSSR count). The molecule has 1 saturated carbocycles. The first-order chi connectivity index (χ1) is 8.20. The Balaban J connectivity index is 1.75. The second-order valence-electron chi connectivity index (χ2n) is 6.14. The smallest absolute Gasteiger partial charge is 0.0582 e. The van der Waals surface area contributed by atoms with Gasteiger partial charge in [-0.1, -0.05) is 13.8 Å². The van der Waals surface area contributed by atoms with Gasteiger partial charge in [0.25, 0.3) is 0 Å². The van der Waals surface area contributed by atoms with E-state index in [0.717, 1.165) is 17.9 Å². The van der Waals surface area contributed by atoms with E-state index in [0.29, 0.717) is 12.2 Å². The second kappa shape index (κ2) is 6.19. The van der Waals surface area contributed by atoms with Crippen LogP contribution in [0.5, 0.6) is 0 Å². The van der Waals surface area contributed by atoms with Gasteiger partial charge in [0.2, 0.25) is 0 Å². The van der Waals surface area contributed by atoms with Crippen LogP contribution in [0.1, 0.15) is 59.3 Å². The van der Waals surface area contributed by atoms with Crippen LogP contribution in [0.25, 0.3) is 0 Å². The van der Waals surface area contributed by atoms with Gasteiger partial charge in [0.1, 0.15) is 0 Å². The van der Waals surface area contributed by atoms with Gasteiger partial charge in [-0.3, -0.25) is 0 Å². The third-order valence-corrected chi connectivity index (χ3v) is 4.77. The summed E-state index contributed by atoms with van der Waals surface area (Å²) < 4.78 is 5.97. The first kappa shape index (κ1) is 13.4. The lowest BCUT2D eigenvalue weighted by Gasteiger charge is -2.24. The fraction of sp³-hybridized carbons (Fsp3) is 1.00. The van der Waals surface area contributed by atoms with Crippen molar-refractivity contribution in [3.05, 3.63) is 0 Å². The van der Waals surface area contributed by atoms with Crippen molar-refractivity contribution in [3.63, 3.8) is 0 Å². The summed E-state index contributed by atoms with van der Waals surface area (Å²) in [5.41, 5.74) is 0. The molecule has 0 amide bonds. The number of hydrogen-bond donors (Lipinski definition) is 1. The van der Waals surface area contributed by atoms with Gasteiger partial charge in [-0.15, -0.1) is 0 Å². The van der Waals surface area contributed by atoms with Crippen LogP contribution in [0.2, 0.25) is 0 Å². The van der Waals surface area contributed by atoms with Crippen LogP contribution in [0.3, 0.4) is 0 Å². The molecule has 1 aliphatic carbocycles. The van der Waals surface area contributed by atoms with E-state index < -0.39 is 0 Å². The van der Waals surface area contributed by atoms with Crippen LogP contribution < -0.4 is 5.32 Å². The molecular weight excluding hydrogens is 210 g/mol. The molecule has 100 valence electrons. The van der Waals surface area contributed by atoms with E-state index in [9.17, 15) is 0 Å². The summed E-state index contributed by atoms with van der Waals surface area (Å²) in [6.07, 6.45) is 8.94. The normalized spacial score (nSPS) is 42.2. The third kappa shape index (κ3) is 3.45. The van der Waals surface area contributed by atoms with Crippen LogP contribution in [-0.4, -0.2) is 24.8 Å². The number of hydrogen-bond acceptors (Lipinski definition) is 2. The Labute approximate surface area is 107 Å². The van der Waals surface area contributed by atoms with Gasteiger partial charge in [-0.05, 0) is 63.8 Å². The topological polar surface area (TPSA) is 21.3 Å². The standard InChI is InChI=1S/C15H29NO/c1-4-9-16-15-8-6-13(12(15)3)10-14-7-5-11(2)17-14/h11-16H,4-10H2,1-3H3. The maximum Gasteiger partial charge on any atom is 0.0582 e. The van der Waals surface area contributed by atoms with Crippen molar-refractivity contribution in [2.45, 2.75) is 77.5 Å². The van der Waals surface area contributed by atoms with Crippen molar-refractivity contribution in [1.82, 2.24) is 5.32 Å². The van der Waals surface area contributed by atoms with E-state index in [1.807, 2.05) is 0 Å². The highest BCUT2D eigenvalue weighted by Gasteiger charge is 2.35. The number of rotatable bonds is 5. The molecule has 0 bridgehead atoms. The van der Waals surface area contributed by atoms with E-state index in [1.54, 1.807) is 0 Å². The van der Waals surface area contributed by atoms with E-state index in [-0.39, 0.29) is 0 Å². The summed E-state index contributed by atoms with van der Waals surface area (Å²) in [4.78, 5) is 0. The molecule has 0 aromatic rings. The molecule has 5 atom stereocenters. The lowest BCUT2D eigenvalue weighted by atomic mass is 9.89. The third-order valence-electron chi connectivity index (χ3n) is 4.77. The minimum absolute atomic E-state index is 0.505. The molecule has 2 nitrogen and oxygen atoms in total. The van der Waals surface area contributed by atoms with Gasteiger partial charge < -0.3 is 10.1 Å². The summed E-state index contributed by atoms with van der Waals surface area (Å²) in [5, 5.41) is 3.70. The fourth-order valence-corrected chi connectivity index (χ4v) is 3.59. The zero-order valence-corrected chi connectivity index (χ0v) is 11.7. The Bertz CT molecular complexity index is 231. The number of nitrogens with one attached hydrogen (secondary N) is 1. The second-order valence-corrected chi connectivity index (χ2v) is 6.14. The van der Waals surface area contributed by atoms with Crippen molar-refractivity contribution >= 4 is 0 Å². The van der Waals surface area contributed by atoms with E-state index >= 15 is 0 Å². The van der Waals surface area contributed by atoms with Crippen LogP contribution in [0.4, 0.5) is 0 Å². The maximum atomic E-state index is 5.97. The average Bonchev–Trinajstić information content (AvgIpc) is 2.86. The van der Waals surface area contributed by atoms with Crippen molar-refractivity contribution in [2.24, 2.45) is 11.8 Å². The molecule has 1 heterocycles. The molecule has 2 heteroatoms. The van der Waals surface area contributed by atoms with Crippen molar-refractivity contribution in [3.8, 4) is 0 Å². The summed E-state index contributed by atoms with van der Waals surface area (Å²) in [5.74, 6) is 1.72. The Hall–Kier alpha value is -0.0800. The highest BCUT2D eigenvalue weighted by atomic mass is 16.5. The maximum absolute atomic E-state index is 5.97. The van der Waals surface area contributed by atoms with Gasteiger partial charge in [0, 0.05) is 6.04 Å². The van der Waals surface area contributed by atoms with Gasteiger partial charge in [-0.2, -0.15) is 0 Å². The molecule has 0 aromatic heterocycles. The zero-order valence-electron chi connectivity index (χ0n) is 11.7. The fourth-order valence-electron chi connectivity index (χ4n) is 3.59. The first-order valence-electron chi connectivity index (χ1n) is 7.59. The SMILES string of the molecule is CCCNC1CCC(CC2CCC(C)O2)C1C. The Morgan fingerprint density at radius 2 is 1.94 bits per heavy atom. The zero-order chi connectivity index (χ0) is 12.3. The molecule has 2 aliphatic rings. The average molecular weight is 239 g/mol.